The van der Waals surface area contributed by atoms with Crippen molar-refractivity contribution in [2.24, 2.45) is 0 Å². The molecule has 0 aromatic carbocycles. The molecule has 6 nitrogen and oxygen atoms in total. The molecule has 3 heterocycles. The molecule has 3 aromatic rings. The van der Waals surface area contributed by atoms with E-state index < -0.39 is 0 Å². The van der Waals surface area contributed by atoms with Crippen molar-refractivity contribution in [1.82, 2.24) is 24.7 Å². The molecule has 0 aliphatic heterocycles. The Bertz CT molecular complexity index is 1090. The molecule has 7 heteroatoms. The lowest BCUT2D eigenvalue weighted by Gasteiger charge is -2.25. The van der Waals surface area contributed by atoms with E-state index in [1.54, 1.807) is 0 Å². The van der Waals surface area contributed by atoms with Gasteiger partial charge in [0.25, 0.3) is 0 Å². The van der Waals surface area contributed by atoms with Crippen molar-refractivity contribution in [2.75, 3.05) is 38.6 Å². The lowest BCUT2D eigenvalue weighted by Crippen LogP contribution is -2.34. The Hall–Kier alpha value is -1.99. The van der Waals surface area contributed by atoms with Gasteiger partial charge in [0.15, 0.2) is 11.5 Å². The quantitative estimate of drug-likeness (QED) is 0.475. The molecule has 176 valence electrons. The first kappa shape index (κ1) is 24.6. The summed E-state index contributed by atoms with van der Waals surface area (Å²) < 4.78 is 1.98. The molecule has 0 bridgehead atoms. The lowest BCUT2D eigenvalue weighted by molar-refractivity contribution is 0.301. The topological polar surface area (TPSA) is 49.6 Å². The van der Waals surface area contributed by atoms with Crippen LogP contribution in [0.5, 0.6) is 0 Å². The van der Waals surface area contributed by atoms with E-state index in [4.69, 9.17) is 5.10 Å². The molecule has 0 atom stereocenters. The van der Waals surface area contributed by atoms with Gasteiger partial charge in [0.2, 0.25) is 0 Å². The van der Waals surface area contributed by atoms with Crippen LogP contribution in [-0.4, -0.2) is 58.4 Å². The Morgan fingerprint density at radius 2 is 1.78 bits per heavy atom. The first-order chi connectivity index (χ1) is 15.0. The summed E-state index contributed by atoms with van der Waals surface area (Å²) in [5.41, 5.74) is 1.67. The van der Waals surface area contributed by atoms with Gasteiger partial charge in [0, 0.05) is 40.6 Å². The van der Waals surface area contributed by atoms with Gasteiger partial charge < -0.3 is 9.80 Å². The third kappa shape index (κ3) is 5.15. The van der Waals surface area contributed by atoms with Crippen LogP contribution >= 0.6 is 11.3 Å². The summed E-state index contributed by atoms with van der Waals surface area (Å²) >= 11 is 1.84. The molecular formula is C25H40N6S. The minimum absolute atomic E-state index is 0.0911. The van der Waals surface area contributed by atoms with Gasteiger partial charge in [0.1, 0.15) is 0 Å². The summed E-state index contributed by atoms with van der Waals surface area (Å²) in [6, 6.07) is 4.47. The predicted octanol–water partition coefficient (Wildman–Crippen LogP) is 4.50. The second-order valence-corrected chi connectivity index (χ2v) is 11.7. The monoisotopic (exact) mass is 456 g/mol. The van der Waals surface area contributed by atoms with Gasteiger partial charge in [-0.1, -0.05) is 48.0 Å². The van der Waals surface area contributed by atoms with Gasteiger partial charge in [-0.3, -0.25) is 0 Å². The minimum atomic E-state index is -0.159. The molecular weight excluding hydrogens is 416 g/mol. The zero-order valence-corrected chi connectivity index (χ0v) is 22.2. The highest BCUT2D eigenvalue weighted by Gasteiger charge is 2.31. The first-order valence-corrected chi connectivity index (χ1v) is 12.6. The number of aromatic nitrogens is 4. The number of hydrogen-bond acceptors (Lipinski definition) is 6. The zero-order valence-electron chi connectivity index (χ0n) is 21.4. The van der Waals surface area contributed by atoms with Gasteiger partial charge in [-0.15, -0.1) is 21.5 Å². The number of unbranched alkanes of at least 4 members (excludes halogenated alkanes) is 1. The van der Waals surface area contributed by atoms with Crippen LogP contribution in [0.25, 0.3) is 11.7 Å². The van der Waals surface area contributed by atoms with E-state index in [1.807, 2.05) is 15.9 Å². The van der Waals surface area contributed by atoms with E-state index in [-0.39, 0.29) is 10.8 Å². The van der Waals surface area contributed by atoms with Crippen LogP contribution in [0.1, 0.15) is 77.7 Å². The number of rotatable bonds is 9. The summed E-state index contributed by atoms with van der Waals surface area (Å²) in [4.78, 5) is 5.88. The molecule has 0 aliphatic rings. The summed E-state index contributed by atoms with van der Waals surface area (Å²) in [5, 5.41) is 16.7. The number of thiophene rings is 1. The molecule has 0 amide bonds. The van der Waals surface area contributed by atoms with E-state index >= 15 is 0 Å². The third-order valence-electron chi connectivity index (χ3n) is 5.74. The maximum absolute atomic E-state index is 5.05. The summed E-state index contributed by atoms with van der Waals surface area (Å²) in [7, 11) is 4.18. The number of likely N-dealkylation sites (N-methyl/N-ethyl adjacent to an activating group) is 1. The van der Waals surface area contributed by atoms with Crippen LogP contribution in [0.2, 0.25) is 0 Å². The predicted molar refractivity (Wildman–Crippen MR) is 137 cm³/mol. The second kappa shape index (κ2) is 9.48. The second-order valence-electron chi connectivity index (χ2n) is 10.6. The van der Waals surface area contributed by atoms with Gasteiger partial charge in [-0.2, -0.15) is 9.61 Å². The molecule has 0 saturated heterocycles. The normalized spacial score (nSPS) is 13.6. The summed E-state index contributed by atoms with van der Waals surface area (Å²) in [6.07, 6.45) is 4.69. The molecule has 32 heavy (non-hydrogen) atoms. The van der Waals surface area contributed by atoms with Gasteiger partial charge in [-0.25, -0.2) is 0 Å². The SMILES string of the molecule is CCCCN(CC)c1ccc(/C=c2/c(C(C)(C)C)nn3c(C(C)(C)CN(C)C)nnc23)s1. The first-order valence-electron chi connectivity index (χ1n) is 11.7. The van der Waals surface area contributed by atoms with Crippen molar-refractivity contribution in [1.29, 1.82) is 0 Å². The highest BCUT2D eigenvalue weighted by atomic mass is 32.1. The molecule has 0 saturated carbocycles. The number of hydrogen-bond donors (Lipinski definition) is 0. The van der Waals surface area contributed by atoms with E-state index in [2.05, 4.69) is 101 Å². The number of anilines is 1. The highest BCUT2D eigenvalue weighted by molar-refractivity contribution is 7.16. The summed E-state index contributed by atoms with van der Waals surface area (Å²) in [5.74, 6) is 0.912. The van der Waals surface area contributed by atoms with Crippen molar-refractivity contribution in [3.05, 3.63) is 33.7 Å². The van der Waals surface area contributed by atoms with Crippen molar-refractivity contribution in [3.63, 3.8) is 0 Å². The van der Waals surface area contributed by atoms with Gasteiger partial charge in [-0.05, 0) is 45.6 Å². The lowest BCUT2D eigenvalue weighted by atomic mass is 9.91. The van der Waals surface area contributed by atoms with Crippen LogP contribution < -0.4 is 10.1 Å². The van der Waals surface area contributed by atoms with Gasteiger partial charge >= 0.3 is 0 Å². The standard InChI is InChI=1S/C25H40N6S/c1-10-12-15-30(11-2)20-14-13-18(32-20)16-19-21(24(3,4)5)28-31-22(19)26-27-23(31)25(6,7)17-29(8)9/h13-14,16H,10-12,15,17H2,1-9H3/b19-16-. The minimum Gasteiger partial charge on any atom is -0.364 e. The average Bonchev–Trinajstić information content (AvgIpc) is 3.37. The highest BCUT2D eigenvalue weighted by Crippen LogP contribution is 2.28. The molecule has 3 aromatic heterocycles. The largest absolute Gasteiger partial charge is 0.364 e. The third-order valence-corrected chi connectivity index (χ3v) is 6.83. The van der Waals surface area contributed by atoms with Crippen LogP contribution in [0.4, 0.5) is 5.00 Å². The Morgan fingerprint density at radius 1 is 1.06 bits per heavy atom. The Morgan fingerprint density at radius 3 is 2.38 bits per heavy atom. The maximum Gasteiger partial charge on any atom is 0.187 e. The molecule has 3 rings (SSSR count). The molecule has 0 fully saturated rings. The molecule has 0 unspecified atom stereocenters. The molecule has 0 N–H and O–H groups in total. The fourth-order valence-corrected chi connectivity index (χ4v) is 5.32. The van der Waals surface area contributed by atoms with Crippen molar-refractivity contribution in [3.8, 4) is 0 Å². The summed E-state index contributed by atoms with van der Waals surface area (Å²) in [6.45, 7) is 18.6. The van der Waals surface area contributed by atoms with E-state index in [9.17, 15) is 0 Å². The zero-order chi connectivity index (χ0) is 23.7. The number of fused-ring (bicyclic) bond motifs is 1. The van der Waals surface area contributed by atoms with Crippen molar-refractivity contribution >= 4 is 28.1 Å². The van der Waals surface area contributed by atoms with Crippen molar-refractivity contribution in [2.45, 2.75) is 72.1 Å². The van der Waals surface area contributed by atoms with Gasteiger partial charge in [0.05, 0.1) is 10.7 Å². The average molecular weight is 457 g/mol. The van der Waals surface area contributed by atoms with Crippen LogP contribution in [0.3, 0.4) is 0 Å². The van der Waals surface area contributed by atoms with E-state index in [0.29, 0.717) is 0 Å². The van der Waals surface area contributed by atoms with E-state index in [0.717, 1.165) is 42.0 Å². The van der Waals surface area contributed by atoms with Crippen LogP contribution in [0, 0.1) is 0 Å². The van der Waals surface area contributed by atoms with Crippen LogP contribution in [0.15, 0.2) is 12.1 Å². The molecule has 0 aliphatic carbocycles. The fourth-order valence-electron chi connectivity index (χ4n) is 4.28. The fraction of sp³-hybridized carbons (Fsp3) is 0.640. The number of nitrogens with zero attached hydrogens (tertiary/aromatic N) is 6. The Labute approximate surface area is 197 Å². The smallest absolute Gasteiger partial charge is 0.187 e. The Kier molecular flexibility index (Phi) is 7.30. The van der Waals surface area contributed by atoms with Crippen LogP contribution in [-0.2, 0) is 10.8 Å². The van der Waals surface area contributed by atoms with E-state index in [1.165, 1.54) is 22.7 Å². The maximum atomic E-state index is 5.05. The Balaban J connectivity index is 2.11. The van der Waals surface area contributed by atoms with Crippen molar-refractivity contribution < 1.29 is 0 Å². The molecule has 0 spiro atoms. The molecule has 0 radical (unpaired) electrons.